The van der Waals surface area contributed by atoms with Gasteiger partial charge in [-0.05, 0) is 39.2 Å². The lowest BCUT2D eigenvalue weighted by Crippen LogP contribution is -2.30. The highest BCUT2D eigenvalue weighted by Crippen LogP contribution is 2.19. The zero-order valence-electron chi connectivity index (χ0n) is 10.5. The summed E-state index contributed by atoms with van der Waals surface area (Å²) in [5, 5.41) is 2.99. The summed E-state index contributed by atoms with van der Waals surface area (Å²) in [7, 11) is 0. The van der Waals surface area contributed by atoms with E-state index in [1.165, 1.54) is 0 Å². The first-order valence-electron chi connectivity index (χ1n) is 6.15. The number of nitrogens with one attached hydrogen (secondary N) is 1. The van der Waals surface area contributed by atoms with Gasteiger partial charge in [-0.1, -0.05) is 12.2 Å². The second-order valence-corrected chi connectivity index (χ2v) is 4.64. The smallest absolute Gasteiger partial charge is 0.223 e. The molecule has 1 N–H and O–H groups in total. The predicted octanol–water partition coefficient (Wildman–Crippen LogP) is 2.87. The highest BCUT2D eigenvalue weighted by atomic mass is 16.3. The molecule has 0 saturated carbocycles. The molecule has 1 amide bonds. The number of aryl methyl sites for hydroxylation is 2. The van der Waals surface area contributed by atoms with Crippen LogP contribution in [-0.4, -0.2) is 5.91 Å². The molecule has 1 atom stereocenters. The molecule has 1 aliphatic rings. The van der Waals surface area contributed by atoms with Crippen LogP contribution in [-0.2, 0) is 11.3 Å². The molecule has 1 aromatic rings. The van der Waals surface area contributed by atoms with Crippen LogP contribution in [0.15, 0.2) is 22.6 Å². The molecule has 92 valence electrons. The molecule has 17 heavy (non-hydrogen) atoms. The van der Waals surface area contributed by atoms with Crippen LogP contribution in [0.4, 0.5) is 0 Å². The van der Waals surface area contributed by atoms with E-state index in [4.69, 9.17) is 4.42 Å². The largest absolute Gasteiger partial charge is 0.466 e. The average molecular weight is 233 g/mol. The zero-order chi connectivity index (χ0) is 12.3. The quantitative estimate of drug-likeness (QED) is 0.816. The highest BCUT2D eigenvalue weighted by Gasteiger charge is 2.18. The van der Waals surface area contributed by atoms with E-state index in [2.05, 4.69) is 17.5 Å². The maximum absolute atomic E-state index is 11.9. The second kappa shape index (κ2) is 5.21. The Morgan fingerprint density at radius 3 is 2.88 bits per heavy atom. The first-order valence-corrected chi connectivity index (χ1v) is 6.15. The second-order valence-electron chi connectivity index (χ2n) is 4.64. The highest BCUT2D eigenvalue weighted by molar-refractivity contribution is 5.78. The van der Waals surface area contributed by atoms with E-state index in [1.54, 1.807) is 0 Å². The van der Waals surface area contributed by atoms with Gasteiger partial charge in [-0.2, -0.15) is 0 Å². The van der Waals surface area contributed by atoms with E-state index in [0.29, 0.717) is 6.54 Å². The maximum Gasteiger partial charge on any atom is 0.223 e. The Morgan fingerprint density at radius 1 is 1.47 bits per heavy atom. The minimum atomic E-state index is 0.147. The molecular formula is C14H19NO2. The van der Waals surface area contributed by atoms with Crippen molar-refractivity contribution in [3.8, 4) is 0 Å². The van der Waals surface area contributed by atoms with Crippen LogP contribution < -0.4 is 5.32 Å². The van der Waals surface area contributed by atoms with Crippen LogP contribution in [0.2, 0.25) is 0 Å². The van der Waals surface area contributed by atoms with Crippen LogP contribution in [0.1, 0.15) is 36.3 Å². The molecule has 1 aliphatic carbocycles. The Labute approximate surface area is 102 Å². The number of furan rings is 1. The molecule has 0 bridgehead atoms. The third-order valence-corrected chi connectivity index (χ3v) is 3.24. The van der Waals surface area contributed by atoms with Crippen molar-refractivity contribution in [2.45, 2.75) is 39.7 Å². The van der Waals surface area contributed by atoms with Crippen molar-refractivity contribution in [3.63, 3.8) is 0 Å². The van der Waals surface area contributed by atoms with Gasteiger partial charge in [0.25, 0.3) is 0 Å². The summed E-state index contributed by atoms with van der Waals surface area (Å²) in [5.74, 6) is 2.10. The van der Waals surface area contributed by atoms with Crippen LogP contribution in [0.3, 0.4) is 0 Å². The van der Waals surface area contributed by atoms with Gasteiger partial charge >= 0.3 is 0 Å². The molecule has 0 radical (unpaired) electrons. The molecule has 0 aromatic carbocycles. The van der Waals surface area contributed by atoms with Gasteiger partial charge in [0.05, 0.1) is 0 Å². The van der Waals surface area contributed by atoms with Gasteiger partial charge in [0.2, 0.25) is 5.91 Å². The first kappa shape index (κ1) is 12.0. The van der Waals surface area contributed by atoms with E-state index < -0.39 is 0 Å². The topological polar surface area (TPSA) is 42.2 Å². The zero-order valence-corrected chi connectivity index (χ0v) is 10.5. The Balaban J connectivity index is 1.87. The first-order chi connectivity index (χ1) is 8.16. The molecule has 0 aliphatic heterocycles. The predicted molar refractivity (Wildman–Crippen MR) is 66.5 cm³/mol. The summed E-state index contributed by atoms with van der Waals surface area (Å²) >= 11 is 0. The van der Waals surface area contributed by atoms with Crippen LogP contribution in [0.25, 0.3) is 0 Å². The summed E-state index contributed by atoms with van der Waals surface area (Å²) in [4.78, 5) is 11.9. The molecule has 3 nitrogen and oxygen atoms in total. The minimum Gasteiger partial charge on any atom is -0.466 e. The van der Waals surface area contributed by atoms with Crippen molar-refractivity contribution >= 4 is 5.91 Å². The molecule has 3 heteroatoms. The fourth-order valence-electron chi connectivity index (χ4n) is 2.22. The fraction of sp³-hybridized carbons (Fsp3) is 0.500. The van der Waals surface area contributed by atoms with Crippen molar-refractivity contribution in [1.82, 2.24) is 5.32 Å². The maximum atomic E-state index is 11.9. The SMILES string of the molecule is Cc1cc(CNC(=O)[C@H]2CC=CCC2)c(C)o1. The Morgan fingerprint density at radius 2 is 2.29 bits per heavy atom. The number of allylic oxidation sites excluding steroid dienone is 2. The fourth-order valence-corrected chi connectivity index (χ4v) is 2.22. The number of rotatable bonds is 3. The van der Waals surface area contributed by atoms with Gasteiger partial charge in [0, 0.05) is 18.0 Å². The van der Waals surface area contributed by atoms with Crippen molar-refractivity contribution in [3.05, 3.63) is 35.3 Å². The normalized spacial score (nSPS) is 19.3. The van der Waals surface area contributed by atoms with Gasteiger partial charge in [-0.3, -0.25) is 4.79 Å². The number of amides is 1. The average Bonchev–Trinajstić information content (AvgIpc) is 2.66. The van der Waals surface area contributed by atoms with Gasteiger partial charge in [0.1, 0.15) is 11.5 Å². The Hall–Kier alpha value is -1.51. The van der Waals surface area contributed by atoms with Crippen molar-refractivity contribution in [2.75, 3.05) is 0 Å². The monoisotopic (exact) mass is 233 g/mol. The van der Waals surface area contributed by atoms with Gasteiger partial charge in [-0.25, -0.2) is 0 Å². The number of hydrogen-bond acceptors (Lipinski definition) is 2. The van der Waals surface area contributed by atoms with Crippen molar-refractivity contribution in [1.29, 1.82) is 0 Å². The summed E-state index contributed by atoms with van der Waals surface area (Å²) in [6.07, 6.45) is 7.09. The third-order valence-electron chi connectivity index (χ3n) is 3.24. The molecular weight excluding hydrogens is 214 g/mol. The van der Waals surface area contributed by atoms with E-state index in [0.717, 1.165) is 36.3 Å². The minimum absolute atomic E-state index is 0.147. The van der Waals surface area contributed by atoms with E-state index in [9.17, 15) is 4.79 Å². The van der Waals surface area contributed by atoms with Crippen molar-refractivity contribution < 1.29 is 9.21 Å². The van der Waals surface area contributed by atoms with Crippen LogP contribution >= 0.6 is 0 Å². The van der Waals surface area contributed by atoms with Gasteiger partial charge < -0.3 is 9.73 Å². The number of carbonyl (C=O) groups is 1. The Bertz CT molecular complexity index is 431. The Kier molecular flexibility index (Phi) is 3.67. The molecule has 0 fully saturated rings. The molecule has 2 rings (SSSR count). The molecule has 1 aromatic heterocycles. The number of carbonyl (C=O) groups excluding carboxylic acids is 1. The molecule has 0 spiro atoms. The third kappa shape index (κ3) is 2.99. The molecule has 0 unspecified atom stereocenters. The van der Waals surface area contributed by atoms with E-state index in [1.807, 2.05) is 19.9 Å². The van der Waals surface area contributed by atoms with Crippen molar-refractivity contribution in [2.24, 2.45) is 5.92 Å². The van der Waals surface area contributed by atoms with Gasteiger partial charge in [-0.15, -0.1) is 0 Å². The summed E-state index contributed by atoms with van der Waals surface area (Å²) in [6, 6.07) is 1.98. The summed E-state index contributed by atoms with van der Waals surface area (Å²) < 4.78 is 5.43. The lowest BCUT2D eigenvalue weighted by molar-refractivity contribution is -0.125. The lowest BCUT2D eigenvalue weighted by atomic mass is 9.93. The van der Waals surface area contributed by atoms with Gasteiger partial charge in [0.15, 0.2) is 0 Å². The van der Waals surface area contributed by atoms with Crippen LogP contribution in [0.5, 0.6) is 0 Å². The molecule has 1 heterocycles. The van der Waals surface area contributed by atoms with Crippen LogP contribution in [0, 0.1) is 19.8 Å². The summed E-state index contributed by atoms with van der Waals surface area (Å²) in [6.45, 7) is 4.42. The number of hydrogen-bond donors (Lipinski definition) is 1. The lowest BCUT2D eigenvalue weighted by Gasteiger charge is -2.16. The van der Waals surface area contributed by atoms with E-state index in [-0.39, 0.29) is 11.8 Å². The van der Waals surface area contributed by atoms with E-state index >= 15 is 0 Å². The summed E-state index contributed by atoms with van der Waals surface area (Å²) in [5.41, 5.74) is 1.07. The standard InChI is InChI=1S/C14H19NO2/c1-10-8-13(11(2)17-10)9-15-14(16)12-6-4-3-5-7-12/h3-4,8,12H,5-7,9H2,1-2H3,(H,15,16)/t12-/m0/s1. The molecule has 0 saturated heterocycles.